The van der Waals surface area contributed by atoms with Crippen molar-refractivity contribution in [1.29, 1.82) is 0 Å². The second-order valence-corrected chi connectivity index (χ2v) is 12.5. The van der Waals surface area contributed by atoms with Crippen molar-refractivity contribution >= 4 is 33.3 Å². The number of hydrogen-bond donors (Lipinski definition) is 0. The molecule has 36 heavy (non-hydrogen) atoms. The Kier molecular flexibility index (Phi) is 8.92. The first-order chi connectivity index (χ1) is 16.5. The van der Waals surface area contributed by atoms with E-state index in [0.717, 1.165) is 0 Å². The summed E-state index contributed by atoms with van der Waals surface area (Å²) in [5.74, 6) is -13.7. The second-order valence-electron chi connectivity index (χ2n) is 7.48. The van der Waals surface area contributed by atoms with Crippen LogP contribution in [0.2, 0.25) is 0 Å². The molecule has 0 aromatic heterocycles. The van der Waals surface area contributed by atoms with Crippen molar-refractivity contribution in [2.24, 2.45) is 0 Å². The predicted molar refractivity (Wildman–Crippen MR) is 122 cm³/mol. The van der Waals surface area contributed by atoms with Gasteiger partial charge < -0.3 is 4.55 Å². The summed E-state index contributed by atoms with van der Waals surface area (Å²) in [6.07, 6.45) is -5.27. The highest BCUT2D eigenvalue weighted by molar-refractivity contribution is 7.95. The summed E-state index contributed by atoms with van der Waals surface area (Å²) in [6, 6.07) is 32.6. The molecule has 0 aliphatic heterocycles. The van der Waals surface area contributed by atoms with E-state index in [-0.39, 0.29) is 0 Å². The van der Waals surface area contributed by atoms with Gasteiger partial charge in [-0.05, 0) is 36.4 Å². The number of alkyl halides is 8. The lowest BCUT2D eigenvalue weighted by Gasteiger charge is -2.33. The van der Waals surface area contributed by atoms with Crippen LogP contribution in [0.3, 0.4) is 0 Å². The molecular formula is C23H19F8O3PS. The smallest absolute Gasteiger partial charge is 0.402 e. The van der Waals surface area contributed by atoms with E-state index in [1.807, 2.05) is 0 Å². The average Bonchev–Trinajstić information content (AvgIpc) is 2.84. The van der Waals surface area contributed by atoms with Gasteiger partial charge in [-0.2, -0.15) is 26.3 Å². The molecule has 196 valence electrons. The van der Waals surface area contributed by atoms with Gasteiger partial charge in [0.2, 0.25) is 0 Å². The maximum atomic E-state index is 12.2. The average molecular weight is 558 g/mol. The molecule has 3 aromatic carbocycles. The minimum Gasteiger partial charge on any atom is -0.743 e. The second kappa shape index (κ2) is 10.8. The van der Waals surface area contributed by atoms with Crippen molar-refractivity contribution < 1.29 is 48.1 Å². The Balaban J connectivity index is 0.000000262. The number of halogens is 8. The topological polar surface area (TPSA) is 57.2 Å². The van der Waals surface area contributed by atoms with Crippen molar-refractivity contribution in [1.82, 2.24) is 0 Å². The first kappa shape index (κ1) is 29.7. The molecule has 3 aromatic rings. The standard InChI is InChI=1S/C19H18P.C4H2F8O3S/c1-20(17-11-5-2-6-12-17,18-13-7-3-8-14-18)19-15-9-4-10-16-19;5-1(6)2(7,8)3(9,10)4(11,12)16(13,14)15/h2-16H,1H3;1H,(H,13,14,15)/q+1;/p-1. The molecular weight excluding hydrogens is 539 g/mol. The molecule has 0 saturated heterocycles. The Bertz CT molecular complexity index is 1130. The van der Waals surface area contributed by atoms with Crippen molar-refractivity contribution in [2.45, 2.75) is 23.5 Å². The molecule has 0 saturated carbocycles. The highest BCUT2D eigenvalue weighted by Gasteiger charge is 2.78. The molecule has 0 N–H and O–H groups in total. The summed E-state index contributed by atoms with van der Waals surface area (Å²) in [5, 5.41) is -2.56. The van der Waals surface area contributed by atoms with Crippen LogP contribution in [0.15, 0.2) is 91.0 Å². The Labute approximate surface area is 202 Å². The van der Waals surface area contributed by atoms with Crippen LogP contribution in [0.4, 0.5) is 35.1 Å². The molecule has 0 spiro atoms. The third-order valence-corrected chi connectivity index (χ3v) is 10.1. The van der Waals surface area contributed by atoms with Gasteiger partial charge in [-0.1, -0.05) is 54.6 Å². The van der Waals surface area contributed by atoms with Crippen LogP contribution in [0, 0.1) is 0 Å². The monoisotopic (exact) mass is 558 g/mol. The molecule has 0 atom stereocenters. The number of rotatable bonds is 7. The molecule has 3 nitrogen and oxygen atoms in total. The van der Waals surface area contributed by atoms with E-state index in [1.54, 1.807) is 0 Å². The van der Waals surface area contributed by atoms with Crippen LogP contribution < -0.4 is 15.9 Å². The Hall–Kier alpha value is -2.56. The molecule has 0 amide bonds. The number of hydrogen-bond acceptors (Lipinski definition) is 3. The molecule has 13 heteroatoms. The molecule has 0 radical (unpaired) electrons. The van der Waals surface area contributed by atoms with Crippen LogP contribution >= 0.6 is 7.26 Å². The lowest BCUT2D eigenvalue weighted by molar-refractivity contribution is -0.316. The Morgan fingerprint density at radius 3 is 1.17 bits per heavy atom. The van der Waals surface area contributed by atoms with Crippen LogP contribution in [-0.2, 0) is 10.1 Å². The molecule has 0 aliphatic rings. The van der Waals surface area contributed by atoms with Gasteiger partial charge in [-0.3, -0.25) is 0 Å². The van der Waals surface area contributed by atoms with E-state index in [9.17, 15) is 48.1 Å². The summed E-state index contributed by atoms with van der Waals surface area (Å²) in [5.41, 5.74) is 0. The van der Waals surface area contributed by atoms with E-state index >= 15 is 0 Å². The summed E-state index contributed by atoms with van der Waals surface area (Å²) in [6.45, 7) is 2.41. The summed E-state index contributed by atoms with van der Waals surface area (Å²) >= 11 is 0. The highest BCUT2D eigenvalue weighted by Crippen LogP contribution is 2.51. The van der Waals surface area contributed by atoms with E-state index in [0.29, 0.717) is 0 Å². The van der Waals surface area contributed by atoms with Crippen molar-refractivity contribution in [2.75, 3.05) is 6.66 Å². The molecule has 0 aliphatic carbocycles. The maximum absolute atomic E-state index is 12.2. The highest BCUT2D eigenvalue weighted by atomic mass is 32.2. The minimum atomic E-state index is -7.22. The van der Waals surface area contributed by atoms with Crippen molar-refractivity contribution in [3.05, 3.63) is 91.0 Å². The lowest BCUT2D eigenvalue weighted by atomic mass is 10.2. The fourth-order valence-corrected chi connectivity index (χ4v) is 6.76. The SMILES string of the molecule is C[P+](c1ccccc1)(c1ccccc1)c1ccccc1.O=S(=O)([O-])C(F)(F)C(F)(F)C(F)(F)C(F)F. The summed E-state index contributed by atoms with van der Waals surface area (Å²) in [4.78, 5) is 0. The van der Waals surface area contributed by atoms with Crippen LogP contribution in [0.1, 0.15) is 0 Å². The lowest BCUT2D eigenvalue weighted by Crippen LogP contribution is -2.60. The Morgan fingerprint density at radius 1 is 0.667 bits per heavy atom. The van der Waals surface area contributed by atoms with Gasteiger partial charge in [0, 0.05) is 0 Å². The zero-order valence-electron chi connectivity index (χ0n) is 18.3. The summed E-state index contributed by atoms with van der Waals surface area (Å²) < 4.78 is 124. The number of benzene rings is 3. The molecule has 0 fully saturated rings. The minimum absolute atomic E-state index is 1.43. The first-order valence-electron chi connectivity index (χ1n) is 9.91. The van der Waals surface area contributed by atoms with Gasteiger partial charge in [0.25, 0.3) is 0 Å². The predicted octanol–water partition coefficient (Wildman–Crippen LogP) is 5.27. The Morgan fingerprint density at radius 2 is 0.944 bits per heavy atom. The first-order valence-corrected chi connectivity index (χ1v) is 13.6. The maximum Gasteiger partial charge on any atom is 0.402 e. The van der Waals surface area contributed by atoms with Crippen molar-refractivity contribution in [3.8, 4) is 0 Å². The van der Waals surface area contributed by atoms with Gasteiger partial charge in [-0.15, -0.1) is 0 Å². The van der Waals surface area contributed by atoms with E-state index in [2.05, 4.69) is 97.7 Å². The third kappa shape index (κ3) is 5.55. The summed E-state index contributed by atoms with van der Waals surface area (Å²) in [7, 11) is -8.75. The normalized spacial score (nSPS) is 13.2. The zero-order chi connectivity index (χ0) is 27.4. The van der Waals surface area contributed by atoms with Crippen LogP contribution in [-0.4, -0.2) is 43.2 Å². The molecule has 3 rings (SSSR count). The van der Waals surface area contributed by atoms with Gasteiger partial charge in [0.05, 0.1) is 6.66 Å². The quantitative estimate of drug-likeness (QED) is 0.226. The molecule has 0 unspecified atom stereocenters. The largest absolute Gasteiger partial charge is 0.743 e. The fourth-order valence-electron chi connectivity index (χ4n) is 3.11. The molecule has 0 heterocycles. The zero-order valence-corrected chi connectivity index (χ0v) is 20.1. The van der Waals surface area contributed by atoms with Crippen LogP contribution in [0.25, 0.3) is 0 Å². The van der Waals surface area contributed by atoms with E-state index < -0.39 is 40.9 Å². The van der Waals surface area contributed by atoms with Crippen molar-refractivity contribution in [3.63, 3.8) is 0 Å². The van der Waals surface area contributed by atoms with Gasteiger partial charge in [0.1, 0.15) is 23.2 Å². The third-order valence-electron chi connectivity index (χ3n) is 5.19. The van der Waals surface area contributed by atoms with Crippen LogP contribution in [0.5, 0.6) is 0 Å². The van der Waals surface area contributed by atoms with E-state index in [4.69, 9.17) is 0 Å². The van der Waals surface area contributed by atoms with E-state index in [1.165, 1.54) is 15.9 Å². The van der Waals surface area contributed by atoms with Gasteiger partial charge in [0.15, 0.2) is 10.1 Å². The van der Waals surface area contributed by atoms with Gasteiger partial charge >= 0.3 is 23.5 Å². The van der Waals surface area contributed by atoms with Gasteiger partial charge in [-0.25, -0.2) is 17.2 Å². The fraction of sp³-hybridized carbons (Fsp3) is 0.217. The molecule has 0 bridgehead atoms.